The molecule has 0 aliphatic heterocycles. The number of imide groups is 1. The van der Waals surface area contributed by atoms with Crippen molar-refractivity contribution in [2.45, 2.75) is 19.8 Å². The molecule has 3 N–H and O–H groups in total. The maximum Gasteiger partial charge on any atom is 0.321 e. The molecule has 0 atom stereocenters. The van der Waals surface area contributed by atoms with Crippen LogP contribution in [0, 0.1) is 0 Å². The van der Waals surface area contributed by atoms with E-state index >= 15 is 0 Å². The lowest BCUT2D eigenvalue weighted by Gasteiger charge is -2.09. The molecule has 20 heavy (non-hydrogen) atoms. The third kappa shape index (κ3) is 6.25. The summed E-state index contributed by atoms with van der Waals surface area (Å²) in [6.07, 6.45) is 1.87. The van der Waals surface area contributed by atoms with Gasteiger partial charge in [-0.3, -0.25) is 10.1 Å². The molecular weight excluding hydrogens is 346 g/mol. The van der Waals surface area contributed by atoms with E-state index in [1.165, 1.54) is 0 Å². The largest absolute Gasteiger partial charge is 0.375 e. The third-order valence-electron chi connectivity index (χ3n) is 2.44. The summed E-state index contributed by atoms with van der Waals surface area (Å²) in [6.45, 7) is 2.56. The second-order valence-electron chi connectivity index (χ2n) is 4.14. The van der Waals surface area contributed by atoms with Gasteiger partial charge in [-0.05, 0) is 24.6 Å². The van der Waals surface area contributed by atoms with E-state index < -0.39 is 11.9 Å². The molecule has 0 saturated heterocycles. The van der Waals surface area contributed by atoms with E-state index in [2.05, 4.69) is 31.9 Å². The van der Waals surface area contributed by atoms with E-state index in [1.807, 2.05) is 13.0 Å². The summed E-state index contributed by atoms with van der Waals surface area (Å²) in [5.74, 6) is -0.419. The topological polar surface area (TPSA) is 70.2 Å². The number of halogens is 2. The van der Waals surface area contributed by atoms with Gasteiger partial charge in [-0.2, -0.15) is 0 Å². The van der Waals surface area contributed by atoms with E-state index in [0.717, 1.165) is 17.3 Å². The van der Waals surface area contributed by atoms with Gasteiger partial charge in [0.15, 0.2) is 0 Å². The second-order valence-corrected chi connectivity index (χ2v) is 5.46. The SMILES string of the molecule is CCCCNC(=O)NC(=O)CNc1ccc(Br)cc1Cl. The maximum atomic E-state index is 11.6. The van der Waals surface area contributed by atoms with Gasteiger partial charge in [-0.25, -0.2) is 4.79 Å². The van der Waals surface area contributed by atoms with Crippen LogP contribution in [0.2, 0.25) is 5.02 Å². The summed E-state index contributed by atoms with van der Waals surface area (Å²) in [6, 6.07) is 4.80. The molecule has 0 radical (unpaired) electrons. The smallest absolute Gasteiger partial charge is 0.321 e. The molecule has 1 rings (SSSR count). The minimum Gasteiger partial charge on any atom is -0.375 e. The Morgan fingerprint density at radius 1 is 1.35 bits per heavy atom. The van der Waals surface area contributed by atoms with E-state index in [9.17, 15) is 9.59 Å². The van der Waals surface area contributed by atoms with Crippen LogP contribution >= 0.6 is 27.5 Å². The maximum absolute atomic E-state index is 11.6. The first-order valence-electron chi connectivity index (χ1n) is 6.29. The highest BCUT2D eigenvalue weighted by Crippen LogP contribution is 2.25. The molecule has 110 valence electrons. The Bertz CT molecular complexity index is 483. The summed E-state index contributed by atoms with van der Waals surface area (Å²) in [7, 11) is 0. The van der Waals surface area contributed by atoms with Crippen molar-refractivity contribution in [1.29, 1.82) is 0 Å². The molecule has 1 aromatic rings. The van der Waals surface area contributed by atoms with Crippen LogP contribution in [0.5, 0.6) is 0 Å². The van der Waals surface area contributed by atoms with Crippen molar-refractivity contribution < 1.29 is 9.59 Å². The minimum absolute atomic E-state index is 0.0252. The van der Waals surface area contributed by atoms with Gasteiger partial charge < -0.3 is 10.6 Å². The molecule has 0 spiro atoms. The fourth-order valence-electron chi connectivity index (χ4n) is 1.40. The predicted molar refractivity (Wildman–Crippen MR) is 84.1 cm³/mol. The predicted octanol–water partition coefficient (Wildman–Crippen LogP) is 3.14. The molecule has 0 heterocycles. The number of unbranched alkanes of at least 4 members (excludes halogenated alkanes) is 1. The molecule has 7 heteroatoms. The summed E-state index contributed by atoms with van der Waals surface area (Å²) in [5, 5.41) is 8.20. The number of carbonyl (C=O) groups is 2. The van der Waals surface area contributed by atoms with Crippen molar-refractivity contribution in [2.75, 3.05) is 18.4 Å². The fourth-order valence-corrected chi connectivity index (χ4v) is 2.14. The molecule has 0 saturated carbocycles. The molecule has 3 amide bonds. The first-order chi connectivity index (χ1) is 9.52. The molecule has 0 aliphatic carbocycles. The summed E-state index contributed by atoms with van der Waals surface area (Å²) >= 11 is 9.29. The van der Waals surface area contributed by atoms with Gasteiger partial charge in [0.05, 0.1) is 17.3 Å². The van der Waals surface area contributed by atoms with Crippen LogP contribution < -0.4 is 16.0 Å². The van der Waals surface area contributed by atoms with Gasteiger partial charge in [0.25, 0.3) is 0 Å². The number of urea groups is 1. The molecule has 0 fully saturated rings. The van der Waals surface area contributed by atoms with Crippen LogP contribution in [0.15, 0.2) is 22.7 Å². The van der Waals surface area contributed by atoms with Gasteiger partial charge in [-0.15, -0.1) is 0 Å². The normalized spacial score (nSPS) is 9.95. The Labute approximate surface area is 131 Å². The van der Waals surface area contributed by atoms with Crippen LogP contribution in [-0.2, 0) is 4.79 Å². The zero-order valence-corrected chi connectivity index (χ0v) is 13.5. The Balaban J connectivity index is 2.34. The van der Waals surface area contributed by atoms with Gasteiger partial charge in [0.2, 0.25) is 5.91 Å². The van der Waals surface area contributed by atoms with Crippen LogP contribution in [0.4, 0.5) is 10.5 Å². The Hall–Kier alpha value is -1.27. The zero-order chi connectivity index (χ0) is 15.0. The first kappa shape index (κ1) is 16.8. The molecule has 0 unspecified atom stereocenters. The number of rotatable bonds is 6. The fraction of sp³-hybridized carbons (Fsp3) is 0.385. The van der Waals surface area contributed by atoms with Crippen LogP contribution in [-0.4, -0.2) is 25.0 Å². The number of amides is 3. The monoisotopic (exact) mass is 361 g/mol. The average molecular weight is 363 g/mol. The van der Waals surface area contributed by atoms with Crippen molar-refractivity contribution in [2.24, 2.45) is 0 Å². The number of carbonyl (C=O) groups excluding carboxylic acids is 2. The van der Waals surface area contributed by atoms with Crippen molar-refractivity contribution in [3.8, 4) is 0 Å². The number of nitrogens with one attached hydrogen (secondary N) is 3. The molecule has 1 aromatic carbocycles. The summed E-state index contributed by atoms with van der Waals surface area (Å²) in [5.41, 5.74) is 0.636. The second kappa shape index (κ2) is 8.81. The number of hydrogen-bond acceptors (Lipinski definition) is 3. The zero-order valence-electron chi connectivity index (χ0n) is 11.1. The molecule has 0 aromatic heterocycles. The lowest BCUT2D eigenvalue weighted by Crippen LogP contribution is -2.42. The molecule has 5 nitrogen and oxygen atoms in total. The highest BCUT2D eigenvalue weighted by molar-refractivity contribution is 9.10. The van der Waals surface area contributed by atoms with Crippen molar-refractivity contribution >= 4 is 45.2 Å². The Morgan fingerprint density at radius 3 is 2.75 bits per heavy atom. The number of anilines is 1. The van der Waals surface area contributed by atoms with Gasteiger partial charge in [-0.1, -0.05) is 40.9 Å². The van der Waals surface area contributed by atoms with Crippen molar-refractivity contribution in [3.05, 3.63) is 27.7 Å². The van der Waals surface area contributed by atoms with E-state index in [-0.39, 0.29) is 6.54 Å². The van der Waals surface area contributed by atoms with Gasteiger partial charge >= 0.3 is 6.03 Å². The standard InChI is InChI=1S/C13H17BrClN3O2/c1-2-3-6-16-13(20)18-12(19)8-17-11-5-4-9(14)7-10(11)15/h4-5,7,17H,2-3,6,8H2,1H3,(H2,16,18,19,20). The first-order valence-corrected chi connectivity index (χ1v) is 7.46. The summed E-state index contributed by atoms with van der Waals surface area (Å²) < 4.78 is 0.854. The highest BCUT2D eigenvalue weighted by Gasteiger charge is 2.08. The molecule has 0 bridgehead atoms. The van der Waals surface area contributed by atoms with Crippen molar-refractivity contribution in [1.82, 2.24) is 10.6 Å². The number of hydrogen-bond donors (Lipinski definition) is 3. The average Bonchev–Trinajstić information content (AvgIpc) is 2.38. The van der Waals surface area contributed by atoms with E-state index in [4.69, 9.17) is 11.6 Å². The van der Waals surface area contributed by atoms with Crippen molar-refractivity contribution in [3.63, 3.8) is 0 Å². The molecule has 0 aliphatic rings. The quantitative estimate of drug-likeness (QED) is 0.681. The lowest BCUT2D eigenvalue weighted by molar-refractivity contribution is -0.118. The third-order valence-corrected chi connectivity index (χ3v) is 3.25. The highest BCUT2D eigenvalue weighted by atomic mass is 79.9. The molecular formula is C13H17BrClN3O2. The van der Waals surface area contributed by atoms with Gasteiger partial charge in [0, 0.05) is 11.0 Å². The van der Waals surface area contributed by atoms with Crippen LogP contribution in [0.3, 0.4) is 0 Å². The minimum atomic E-state index is -0.479. The number of benzene rings is 1. The Morgan fingerprint density at radius 2 is 2.10 bits per heavy atom. The Kier molecular flexibility index (Phi) is 7.40. The van der Waals surface area contributed by atoms with Crippen LogP contribution in [0.1, 0.15) is 19.8 Å². The summed E-state index contributed by atoms with van der Waals surface area (Å²) in [4.78, 5) is 22.9. The lowest BCUT2D eigenvalue weighted by atomic mass is 10.3. The van der Waals surface area contributed by atoms with Crippen LogP contribution in [0.25, 0.3) is 0 Å². The van der Waals surface area contributed by atoms with E-state index in [1.54, 1.807) is 12.1 Å². The van der Waals surface area contributed by atoms with E-state index in [0.29, 0.717) is 17.3 Å². The van der Waals surface area contributed by atoms with Gasteiger partial charge in [0.1, 0.15) is 0 Å².